The Labute approximate surface area is 118 Å². The second kappa shape index (κ2) is 5.84. The van der Waals surface area contributed by atoms with E-state index in [1.807, 2.05) is 24.1 Å². The molecule has 1 saturated heterocycles. The SMILES string of the molecule is Cn1ccnc1C[C@@H]1CCCN(Cc2cncs2)C1. The van der Waals surface area contributed by atoms with Crippen LogP contribution in [-0.4, -0.2) is 32.5 Å². The third kappa shape index (κ3) is 3.22. The van der Waals surface area contributed by atoms with Crippen LogP contribution in [0.5, 0.6) is 0 Å². The minimum absolute atomic E-state index is 0.739. The van der Waals surface area contributed by atoms with Crippen molar-refractivity contribution >= 4 is 11.3 Å². The molecule has 0 aromatic carbocycles. The highest BCUT2D eigenvalue weighted by molar-refractivity contribution is 7.09. The van der Waals surface area contributed by atoms with Gasteiger partial charge < -0.3 is 4.57 Å². The van der Waals surface area contributed by atoms with E-state index in [1.165, 1.54) is 36.6 Å². The molecule has 0 unspecified atom stereocenters. The first-order valence-electron chi connectivity index (χ1n) is 6.87. The molecular weight excluding hydrogens is 256 g/mol. The monoisotopic (exact) mass is 276 g/mol. The molecular formula is C14H20N4S. The Morgan fingerprint density at radius 2 is 2.42 bits per heavy atom. The van der Waals surface area contributed by atoms with E-state index in [1.54, 1.807) is 11.3 Å². The van der Waals surface area contributed by atoms with Crippen molar-refractivity contribution in [3.63, 3.8) is 0 Å². The molecule has 1 atom stereocenters. The highest BCUT2D eigenvalue weighted by Crippen LogP contribution is 2.22. The largest absolute Gasteiger partial charge is 0.338 e. The number of likely N-dealkylation sites (tertiary alicyclic amines) is 1. The summed E-state index contributed by atoms with van der Waals surface area (Å²) in [6.45, 7) is 3.46. The van der Waals surface area contributed by atoms with Crippen molar-refractivity contribution in [3.05, 3.63) is 34.8 Å². The number of hydrogen-bond donors (Lipinski definition) is 0. The van der Waals surface area contributed by atoms with Crippen LogP contribution in [0.3, 0.4) is 0 Å². The molecule has 1 fully saturated rings. The molecule has 0 N–H and O–H groups in total. The fraction of sp³-hybridized carbons (Fsp3) is 0.571. The van der Waals surface area contributed by atoms with Crippen LogP contribution in [0.1, 0.15) is 23.5 Å². The summed E-state index contributed by atoms with van der Waals surface area (Å²) in [6.07, 6.45) is 9.65. The molecule has 2 aromatic rings. The Morgan fingerprint density at radius 1 is 1.47 bits per heavy atom. The topological polar surface area (TPSA) is 34.0 Å². The van der Waals surface area contributed by atoms with Crippen molar-refractivity contribution < 1.29 is 0 Å². The predicted octanol–water partition coefficient (Wildman–Crippen LogP) is 2.33. The first-order chi connectivity index (χ1) is 9.31. The zero-order valence-electron chi connectivity index (χ0n) is 11.3. The molecule has 3 heterocycles. The van der Waals surface area contributed by atoms with Crippen molar-refractivity contribution in [3.8, 4) is 0 Å². The molecule has 0 aliphatic carbocycles. The molecule has 19 heavy (non-hydrogen) atoms. The molecule has 3 rings (SSSR count). The fourth-order valence-corrected chi connectivity index (χ4v) is 3.49. The van der Waals surface area contributed by atoms with E-state index in [0.717, 1.165) is 18.9 Å². The molecule has 0 spiro atoms. The number of rotatable bonds is 4. The van der Waals surface area contributed by atoms with E-state index in [0.29, 0.717) is 0 Å². The van der Waals surface area contributed by atoms with Crippen molar-refractivity contribution in [1.29, 1.82) is 0 Å². The van der Waals surface area contributed by atoms with Crippen molar-refractivity contribution in [2.75, 3.05) is 13.1 Å². The number of thiazole rings is 1. The lowest BCUT2D eigenvalue weighted by Gasteiger charge is -2.32. The van der Waals surface area contributed by atoms with E-state index in [9.17, 15) is 0 Å². The molecule has 4 nitrogen and oxygen atoms in total. The molecule has 1 aliphatic heterocycles. The fourth-order valence-electron chi connectivity index (χ4n) is 2.85. The summed E-state index contributed by atoms with van der Waals surface area (Å²) in [5.41, 5.74) is 1.92. The average molecular weight is 276 g/mol. The van der Waals surface area contributed by atoms with E-state index >= 15 is 0 Å². The van der Waals surface area contributed by atoms with Gasteiger partial charge in [0.2, 0.25) is 0 Å². The molecule has 0 radical (unpaired) electrons. The number of nitrogens with zero attached hydrogens (tertiary/aromatic N) is 4. The highest BCUT2D eigenvalue weighted by Gasteiger charge is 2.21. The first kappa shape index (κ1) is 12.8. The van der Waals surface area contributed by atoms with Gasteiger partial charge in [-0.25, -0.2) is 4.98 Å². The minimum atomic E-state index is 0.739. The van der Waals surface area contributed by atoms with E-state index < -0.39 is 0 Å². The number of piperidine rings is 1. The Kier molecular flexibility index (Phi) is 3.94. The predicted molar refractivity (Wildman–Crippen MR) is 77.0 cm³/mol. The number of hydrogen-bond acceptors (Lipinski definition) is 4. The van der Waals surface area contributed by atoms with Gasteiger partial charge in [0.25, 0.3) is 0 Å². The van der Waals surface area contributed by atoms with E-state index in [4.69, 9.17) is 0 Å². The maximum absolute atomic E-state index is 4.45. The lowest BCUT2D eigenvalue weighted by Crippen LogP contribution is -2.35. The van der Waals surface area contributed by atoms with Crippen molar-refractivity contribution in [2.24, 2.45) is 13.0 Å². The number of imidazole rings is 1. The summed E-state index contributed by atoms with van der Waals surface area (Å²) in [5, 5.41) is 0. The summed E-state index contributed by atoms with van der Waals surface area (Å²) in [7, 11) is 2.08. The molecule has 0 amide bonds. The van der Waals surface area contributed by atoms with Gasteiger partial charge in [0.15, 0.2) is 0 Å². The standard InChI is InChI=1S/C14H20N4S/c1-17-6-4-16-14(17)7-12-3-2-5-18(9-12)10-13-8-15-11-19-13/h4,6,8,11-12H,2-3,5,7,9-10H2,1H3/t12-/m0/s1. The number of aromatic nitrogens is 3. The van der Waals surface area contributed by atoms with Crippen LogP contribution in [0.25, 0.3) is 0 Å². The van der Waals surface area contributed by atoms with Gasteiger partial charge in [0.05, 0.1) is 5.51 Å². The lowest BCUT2D eigenvalue weighted by atomic mass is 9.94. The van der Waals surface area contributed by atoms with Gasteiger partial charge in [0, 0.05) is 50.0 Å². The molecule has 0 bridgehead atoms. The third-order valence-electron chi connectivity index (χ3n) is 3.86. The summed E-state index contributed by atoms with van der Waals surface area (Å²) in [6, 6.07) is 0. The first-order valence-corrected chi connectivity index (χ1v) is 7.75. The van der Waals surface area contributed by atoms with Crippen molar-refractivity contribution in [2.45, 2.75) is 25.8 Å². The van der Waals surface area contributed by atoms with Gasteiger partial charge in [-0.2, -0.15) is 0 Å². The Morgan fingerprint density at radius 3 is 3.16 bits per heavy atom. The normalized spacial score (nSPS) is 20.8. The second-order valence-electron chi connectivity index (χ2n) is 5.37. The molecule has 5 heteroatoms. The van der Waals surface area contributed by atoms with Crippen LogP contribution in [0, 0.1) is 5.92 Å². The van der Waals surface area contributed by atoms with Crippen LogP contribution in [0.2, 0.25) is 0 Å². The Hall–Kier alpha value is -1.20. The maximum Gasteiger partial charge on any atom is 0.108 e. The van der Waals surface area contributed by atoms with Crippen LogP contribution >= 0.6 is 11.3 Å². The minimum Gasteiger partial charge on any atom is -0.338 e. The van der Waals surface area contributed by atoms with Gasteiger partial charge in [0.1, 0.15) is 5.82 Å². The molecule has 0 saturated carbocycles. The second-order valence-corrected chi connectivity index (χ2v) is 6.34. The summed E-state index contributed by atoms with van der Waals surface area (Å²) in [4.78, 5) is 12.5. The van der Waals surface area contributed by atoms with Crippen molar-refractivity contribution in [1.82, 2.24) is 19.4 Å². The van der Waals surface area contributed by atoms with E-state index in [-0.39, 0.29) is 0 Å². The summed E-state index contributed by atoms with van der Waals surface area (Å²) < 4.78 is 2.14. The van der Waals surface area contributed by atoms with Gasteiger partial charge >= 0.3 is 0 Å². The van der Waals surface area contributed by atoms with Gasteiger partial charge in [-0.05, 0) is 25.3 Å². The lowest BCUT2D eigenvalue weighted by molar-refractivity contribution is 0.166. The summed E-state index contributed by atoms with van der Waals surface area (Å²) in [5.74, 6) is 1.95. The van der Waals surface area contributed by atoms with E-state index in [2.05, 4.69) is 26.5 Å². The summed E-state index contributed by atoms with van der Waals surface area (Å²) >= 11 is 1.76. The quantitative estimate of drug-likeness (QED) is 0.859. The Balaban J connectivity index is 1.57. The number of aryl methyl sites for hydroxylation is 1. The molecule has 102 valence electrons. The zero-order chi connectivity index (χ0) is 13.1. The van der Waals surface area contributed by atoms with Gasteiger partial charge in [-0.15, -0.1) is 11.3 Å². The van der Waals surface area contributed by atoms with Crippen LogP contribution in [-0.2, 0) is 20.0 Å². The van der Waals surface area contributed by atoms with Crippen LogP contribution < -0.4 is 0 Å². The molecule has 2 aromatic heterocycles. The smallest absolute Gasteiger partial charge is 0.108 e. The van der Waals surface area contributed by atoms with Gasteiger partial charge in [-0.3, -0.25) is 9.88 Å². The molecule has 1 aliphatic rings. The van der Waals surface area contributed by atoms with Crippen LogP contribution in [0.4, 0.5) is 0 Å². The highest BCUT2D eigenvalue weighted by atomic mass is 32.1. The average Bonchev–Trinajstić information content (AvgIpc) is 3.03. The zero-order valence-corrected chi connectivity index (χ0v) is 12.1. The van der Waals surface area contributed by atoms with Gasteiger partial charge in [-0.1, -0.05) is 0 Å². The Bertz CT molecular complexity index is 505. The third-order valence-corrected chi connectivity index (χ3v) is 4.62. The van der Waals surface area contributed by atoms with Crippen LogP contribution in [0.15, 0.2) is 24.1 Å². The maximum atomic E-state index is 4.45.